The van der Waals surface area contributed by atoms with E-state index < -0.39 is 0 Å². The van der Waals surface area contributed by atoms with Gasteiger partial charge in [0.15, 0.2) is 0 Å². The average molecular weight is 355 g/mol. The van der Waals surface area contributed by atoms with Crippen molar-refractivity contribution in [2.24, 2.45) is 0 Å². The van der Waals surface area contributed by atoms with Crippen LogP contribution in [0, 0.1) is 13.8 Å². The summed E-state index contributed by atoms with van der Waals surface area (Å²) in [7, 11) is 0. The van der Waals surface area contributed by atoms with Gasteiger partial charge in [0.05, 0.1) is 0 Å². The Kier molecular flexibility index (Phi) is 5.65. The summed E-state index contributed by atoms with van der Waals surface area (Å²) >= 11 is 0. The molecule has 138 valence electrons. The van der Waals surface area contributed by atoms with Crippen LogP contribution < -0.4 is 0 Å². The van der Waals surface area contributed by atoms with Crippen molar-refractivity contribution in [2.45, 2.75) is 48.0 Å². The first-order valence-corrected chi connectivity index (χ1v) is 10.3. The van der Waals surface area contributed by atoms with Crippen LogP contribution in [0.2, 0.25) is 0 Å². The van der Waals surface area contributed by atoms with E-state index in [0.29, 0.717) is 0 Å². The second kappa shape index (κ2) is 7.96. The zero-order valence-corrected chi connectivity index (χ0v) is 17.5. The maximum Gasteiger partial charge on any atom is -0.000718 e. The van der Waals surface area contributed by atoms with E-state index >= 15 is 0 Å². The highest BCUT2D eigenvalue weighted by Gasteiger charge is 2.22. The van der Waals surface area contributed by atoms with E-state index in [2.05, 4.69) is 74.5 Å². The summed E-state index contributed by atoms with van der Waals surface area (Å²) in [5, 5.41) is 5.65. The predicted octanol–water partition coefficient (Wildman–Crippen LogP) is 8.23. The standard InChI is InChI=1S/C23H18.2C2H6/c1-14-17-8-5-6-9-18(17)15(2)23-19(14)11-12-21-20-10-4-3-7-16(20)13-22(21)23;2*1-2/h3-12H,13H2,1-2H3;2*1-2H3. The Bertz CT molecular complexity index is 1100. The summed E-state index contributed by atoms with van der Waals surface area (Å²) in [4.78, 5) is 0. The van der Waals surface area contributed by atoms with E-state index in [1.54, 1.807) is 0 Å². The lowest BCUT2D eigenvalue weighted by Crippen LogP contribution is -1.92. The topological polar surface area (TPSA) is 0 Å². The number of rotatable bonds is 0. The zero-order chi connectivity index (χ0) is 19.6. The van der Waals surface area contributed by atoms with Gasteiger partial charge in [0.2, 0.25) is 0 Å². The zero-order valence-electron chi connectivity index (χ0n) is 17.5. The maximum atomic E-state index is 2.32. The Balaban J connectivity index is 0.000000495. The van der Waals surface area contributed by atoms with Crippen LogP contribution in [0.5, 0.6) is 0 Å². The van der Waals surface area contributed by atoms with Crippen molar-refractivity contribution < 1.29 is 0 Å². The third-order valence-electron chi connectivity index (χ3n) is 5.50. The van der Waals surface area contributed by atoms with Gasteiger partial charge in [-0.2, -0.15) is 0 Å². The van der Waals surface area contributed by atoms with Crippen LogP contribution >= 0.6 is 0 Å². The van der Waals surface area contributed by atoms with Crippen LogP contribution in [0.4, 0.5) is 0 Å². The molecule has 0 saturated heterocycles. The molecule has 0 spiro atoms. The summed E-state index contributed by atoms with van der Waals surface area (Å²) in [5.74, 6) is 0. The summed E-state index contributed by atoms with van der Waals surface area (Å²) in [5.41, 5.74) is 8.63. The van der Waals surface area contributed by atoms with Crippen LogP contribution in [0.1, 0.15) is 49.9 Å². The number of hydrogen-bond donors (Lipinski definition) is 0. The minimum absolute atomic E-state index is 1.06. The van der Waals surface area contributed by atoms with E-state index in [-0.39, 0.29) is 0 Å². The minimum atomic E-state index is 1.06. The molecule has 0 saturated carbocycles. The Morgan fingerprint density at radius 2 is 1.15 bits per heavy atom. The molecule has 0 bridgehead atoms. The summed E-state index contributed by atoms with van der Waals surface area (Å²) in [6.45, 7) is 12.5. The highest BCUT2D eigenvalue weighted by molar-refractivity contribution is 6.09. The fourth-order valence-electron chi connectivity index (χ4n) is 4.37. The average Bonchev–Trinajstić information content (AvgIpc) is 3.13. The minimum Gasteiger partial charge on any atom is -0.0683 e. The molecule has 5 rings (SSSR count). The lowest BCUT2D eigenvalue weighted by atomic mass is 9.89. The number of benzene rings is 4. The van der Waals surface area contributed by atoms with E-state index in [4.69, 9.17) is 0 Å². The van der Waals surface area contributed by atoms with Crippen molar-refractivity contribution in [2.75, 3.05) is 0 Å². The normalized spacial score (nSPS) is 11.2. The van der Waals surface area contributed by atoms with Gasteiger partial charge in [-0.25, -0.2) is 0 Å². The van der Waals surface area contributed by atoms with E-state index in [1.165, 1.54) is 54.9 Å². The predicted molar refractivity (Wildman–Crippen MR) is 122 cm³/mol. The van der Waals surface area contributed by atoms with E-state index in [0.717, 1.165) is 6.42 Å². The van der Waals surface area contributed by atoms with E-state index in [9.17, 15) is 0 Å². The van der Waals surface area contributed by atoms with Gasteiger partial charge < -0.3 is 0 Å². The Morgan fingerprint density at radius 1 is 0.556 bits per heavy atom. The Morgan fingerprint density at radius 3 is 1.85 bits per heavy atom. The van der Waals surface area contributed by atoms with Crippen molar-refractivity contribution >= 4 is 21.5 Å². The molecule has 27 heavy (non-hydrogen) atoms. The lowest BCUT2D eigenvalue weighted by molar-refractivity contribution is 1.28. The number of hydrogen-bond acceptors (Lipinski definition) is 0. The first kappa shape index (κ1) is 19.2. The fraction of sp³-hybridized carbons (Fsp3) is 0.259. The third kappa shape index (κ3) is 2.94. The Labute approximate surface area is 163 Å². The van der Waals surface area contributed by atoms with Gasteiger partial charge in [-0.05, 0) is 75.2 Å². The molecular formula is C27H30. The molecule has 0 aromatic heterocycles. The van der Waals surface area contributed by atoms with Gasteiger partial charge in [0, 0.05) is 0 Å². The van der Waals surface area contributed by atoms with Gasteiger partial charge in [-0.15, -0.1) is 0 Å². The number of aryl methyl sites for hydroxylation is 2. The van der Waals surface area contributed by atoms with Gasteiger partial charge >= 0.3 is 0 Å². The highest BCUT2D eigenvalue weighted by Crippen LogP contribution is 2.43. The Hall–Kier alpha value is -2.60. The van der Waals surface area contributed by atoms with Crippen molar-refractivity contribution in [1.29, 1.82) is 0 Å². The molecule has 4 aromatic rings. The molecule has 0 fully saturated rings. The molecule has 0 N–H and O–H groups in total. The van der Waals surface area contributed by atoms with Gasteiger partial charge in [0.25, 0.3) is 0 Å². The molecule has 0 aliphatic heterocycles. The smallest absolute Gasteiger partial charge is 0.000718 e. The van der Waals surface area contributed by atoms with Crippen molar-refractivity contribution in [3.05, 3.63) is 82.9 Å². The summed E-state index contributed by atoms with van der Waals surface area (Å²) in [6.07, 6.45) is 1.06. The van der Waals surface area contributed by atoms with Crippen molar-refractivity contribution in [1.82, 2.24) is 0 Å². The maximum absolute atomic E-state index is 2.32. The second-order valence-electron chi connectivity index (χ2n) is 6.64. The molecule has 1 aliphatic carbocycles. The number of fused-ring (bicyclic) bond motifs is 6. The lowest BCUT2D eigenvalue weighted by Gasteiger charge is -2.15. The molecule has 0 heterocycles. The fourth-order valence-corrected chi connectivity index (χ4v) is 4.37. The molecular weight excluding hydrogens is 324 g/mol. The molecule has 0 heteroatoms. The van der Waals surface area contributed by atoms with E-state index in [1.807, 2.05) is 27.7 Å². The van der Waals surface area contributed by atoms with Crippen LogP contribution in [-0.2, 0) is 6.42 Å². The monoisotopic (exact) mass is 354 g/mol. The second-order valence-corrected chi connectivity index (χ2v) is 6.64. The molecule has 0 amide bonds. The first-order chi connectivity index (χ1) is 13.3. The quantitative estimate of drug-likeness (QED) is 0.246. The van der Waals surface area contributed by atoms with Gasteiger partial charge in [-0.1, -0.05) is 88.4 Å². The summed E-state index contributed by atoms with van der Waals surface area (Å²) in [6, 6.07) is 22.3. The molecule has 0 nitrogen and oxygen atoms in total. The molecule has 0 atom stereocenters. The van der Waals surface area contributed by atoms with Crippen LogP contribution in [0.3, 0.4) is 0 Å². The first-order valence-electron chi connectivity index (χ1n) is 10.3. The molecule has 0 radical (unpaired) electrons. The largest absolute Gasteiger partial charge is 0.0683 e. The third-order valence-corrected chi connectivity index (χ3v) is 5.50. The van der Waals surface area contributed by atoms with Gasteiger partial charge in [0.1, 0.15) is 0 Å². The van der Waals surface area contributed by atoms with Crippen LogP contribution in [0.25, 0.3) is 32.7 Å². The van der Waals surface area contributed by atoms with Gasteiger partial charge in [-0.3, -0.25) is 0 Å². The highest BCUT2D eigenvalue weighted by atomic mass is 14.3. The SMILES string of the molecule is CC.CC.Cc1c2ccccc2c(C)c2c3c(ccc12)-c1ccccc1C3. The molecule has 4 aromatic carbocycles. The van der Waals surface area contributed by atoms with Crippen LogP contribution in [-0.4, -0.2) is 0 Å². The van der Waals surface area contributed by atoms with Crippen molar-refractivity contribution in [3.63, 3.8) is 0 Å². The summed E-state index contributed by atoms with van der Waals surface area (Å²) < 4.78 is 0. The van der Waals surface area contributed by atoms with Crippen molar-refractivity contribution in [3.8, 4) is 11.1 Å². The molecule has 0 unspecified atom stereocenters. The van der Waals surface area contributed by atoms with Crippen LogP contribution in [0.15, 0.2) is 60.7 Å². The molecule has 1 aliphatic rings.